The smallest absolute Gasteiger partial charge is 0.230 e. The molecular formula is C16H11F2N3OS. The van der Waals surface area contributed by atoms with Crippen LogP contribution in [0.25, 0.3) is 10.6 Å². The summed E-state index contributed by atoms with van der Waals surface area (Å²) in [6.07, 6.45) is 3.37. The number of amides is 1. The molecule has 4 nitrogen and oxygen atoms in total. The molecule has 0 saturated heterocycles. The maximum Gasteiger partial charge on any atom is 0.230 e. The highest BCUT2D eigenvalue weighted by Gasteiger charge is 2.11. The number of aromatic nitrogens is 2. The van der Waals surface area contributed by atoms with E-state index in [1.54, 1.807) is 23.8 Å². The summed E-state index contributed by atoms with van der Waals surface area (Å²) in [5, 5.41) is 4.93. The predicted molar refractivity (Wildman–Crippen MR) is 84.0 cm³/mol. The van der Waals surface area contributed by atoms with Gasteiger partial charge in [0.05, 0.1) is 17.8 Å². The van der Waals surface area contributed by atoms with Gasteiger partial charge < -0.3 is 5.32 Å². The first-order chi connectivity index (χ1) is 11.1. The zero-order valence-corrected chi connectivity index (χ0v) is 12.6. The quantitative estimate of drug-likeness (QED) is 0.794. The Morgan fingerprint density at radius 3 is 2.87 bits per heavy atom. The van der Waals surface area contributed by atoms with E-state index in [0.717, 1.165) is 22.7 Å². The molecule has 3 rings (SSSR count). The molecule has 0 spiro atoms. The SMILES string of the molecule is O=C(Cc1csc(-c2cccnc2)n1)Nc1ccc(F)cc1F. The number of hydrogen-bond acceptors (Lipinski definition) is 4. The molecule has 0 fully saturated rings. The van der Waals surface area contributed by atoms with Crippen LogP contribution in [0.4, 0.5) is 14.5 Å². The Balaban J connectivity index is 1.68. The average Bonchev–Trinajstić information content (AvgIpc) is 2.99. The third-order valence-electron chi connectivity index (χ3n) is 3.01. The van der Waals surface area contributed by atoms with Crippen LogP contribution in [-0.2, 0) is 11.2 Å². The van der Waals surface area contributed by atoms with E-state index < -0.39 is 17.5 Å². The minimum Gasteiger partial charge on any atom is -0.323 e. The van der Waals surface area contributed by atoms with Gasteiger partial charge in [0, 0.05) is 29.4 Å². The average molecular weight is 331 g/mol. The number of nitrogens with zero attached hydrogens (tertiary/aromatic N) is 2. The highest BCUT2D eigenvalue weighted by molar-refractivity contribution is 7.13. The van der Waals surface area contributed by atoms with Gasteiger partial charge in [-0.15, -0.1) is 11.3 Å². The van der Waals surface area contributed by atoms with Gasteiger partial charge in [-0.05, 0) is 24.3 Å². The Morgan fingerprint density at radius 2 is 2.13 bits per heavy atom. The number of rotatable bonds is 4. The third-order valence-corrected chi connectivity index (χ3v) is 3.95. The zero-order valence-electron chi connectivity index (χ0n) is 11.8. The number of anilines is 1. The number of nitrogens with one attached hydrogen (secondary N) is 1. The second-order valence-corrected chi connectivity index (χ2v) is 5.59. The Morgan fingerprint density at radius 1 is 1.26 bits per heavy atom. The molecule has 3 aromatic rings. The van der Waals surface area contributed by atoms with Crippen molar-refractivity contribution in [2.75, 3.05) is 5.32 Å². The number of carbonyl (C=O) groups is 1. The van der Waals surface area contributed by atoms with Gasteiger partial charge in [-0.2, -0.15) is 0 Å². The Kier molecular flexibility index (Phi) is 4.38. The molecule has 116 valence electrons. The van der Waals surface area contributed by atoms with Crippen molar-refractivity contribution in [1.82, 2.24) is 9.97 Å². The summed E-state index contributed by atoms with van der Waals surface area (Å²) in [7, 11) is 0. The van der Waals surface area contributed by atoms with Gasteiger partial charge in [0.25, 0.3) is 0 Å². The molecule has 2 aromatic heterocycles. The van der Waals surface area contributed by atoms with E-state index >= 15 is 0 Å². The second kappa shape index (κ2) is 6.62. The third kappa shape index (κ3) is 3.75. The maximum absolute atomic E-state index is 13.5. The Bertz CT molecular complexity index is 836. The molecule has 1 N–H and O–H groups in total. The molecule has 1 aromatic carbocycles. The van der Waals surface area contributed by atoms with E-state index in [1.807, 2.05) is 6.07 Å². The largest absolute Gasteiger partial charge is 0.323 e. The number of thiazole rings is 1. The number of benzene rings is 1. The van der Waals surface area contributed by atoms with Crippen LogP contribution in [0, 0.1) is 11.6 Å². The monoisotopic (exact) mass is 331 g/mol. The molecule has 0 unspecified atom stereocenters. The highest BCUT2D eigenvalue weighted by Crippen LogP contribution is 2.23. The van der Waals surface area contributed by atoms with Crippen molar-refractivity contribution in [3.63, 3.8) is 0 Å². The van der Waals surface area contributed by atoms with Crippen LogP contribution in [0.1, 0.15) is 5.69 Å². The molecule has 0 bridgehead atoms. The molecule has 0 aliphatic carbocycles. The lowest BCUT2D eigenvalue weighted by atomic mass is 10.2. The molecule has 0 atom stereocenters. The van der Waals surface area contributed by atoms with Crippen LogP contribution in [0.3, 0.4) is 0 Å². The van der Waals surface area contributed by atoms with Gasteiger partial charge in [0.2, 0.25) is 5.91 Å². The fraction of sp³-hybridized carbons (Fsp3) is 0.0625. The molecule has 0 aliphatic rings. The number of hydrogen-bond donors (Lipinski definition) is 1. The summed E-state index contributed by atoms with van der Waals surface area (Å²) in [5.41, 5.74) is 1.39. The lowest BCUT2D eigenvalue weighted by Gasteiger charge is -2.05. The van der Waals surface area contributed by atoms with Crippen LogP contribution < -0.4 is 5.32 Å². The van der Waals surface area contributed by atoms with Crippen LogP contribution in [-0.4, -0.2) is 15.9 Å². The molecule has 0 radical (unpaired) electrons. The molecule has 7 heteroatoms. The van der Waals surface area contributed by atoms with Crippen molar-refractivity contribution in [2.24, 2.45) is 0 Å². The molecule has 23 heavy (non-hydrogen) atoms. The van der Waals surface area contributed by atoms with Gasteiger partial charge in [0.15, 0.2) is 0 Å². The Hall–Kier alpha value is -2.67. The molecular weight excluding hydrogens is 320 g/mol. The van der Waals surface area contributed by atoms with E-state index in [9.17, 15) is 13.6 Å². The van der Waals surface area contributed by atoms with Gasteiger partial charge in [-0.3, -0.25) is 9.78 Å². The van der Waals surface area contributed by atoms with Crippen molar-refractivity contribution in [2.45, 2.75) is 6.42 Å². The summed E-state index contributed by atoms with van der Waals surface area (Å²) >= 11 is 1.40. The molecule has 0 saturated carbocycles. The fourth-order valence-corrected chi connectivity index (χ4v) is 2.77. The summed E-state index contributed by atoms with van der Waals surface area (Å²) in [6.45, 7) is 0. The number of pyridine rings is 1. The number of halogens is 2. The topological polar surface area (TPSA) is 54.9 Å². The summed E-state index contributed by atoms with van der Waals surface area (Å²) < 4.78 is 26.3. The Labute approximate surface area is 134 Å². The van der Waals surface area contributed by atoms with Crippen LogP contribution in [0.2, 0.25) is 0 Å². The summed E-state index contributed by atoms with van der Waals surface area (Å²) in [6, 6.07) is 6.68. The molecule has 1 amide bonds. The predicted octanol–water partition coefficient (Wildman–Crippen LogP) is 3.66. The normalized spacial score (nSPS) is 10.5. The zero-order chi connectivity index (χ0) is 16.2. The second-order valence-electron chi connectivity index (χ2n) is 4.73. The summed E-state index contributed by atoms with van der Waals surface area (Å²) in [5.74, 6) is -1.92. The first kappa shape index (κ1) is 15.2. The molecule has 0 aliphatic heterocycles. The first-order valence-electron chi connectivity index (χ1n) is 6.71. The van der Waals surface area contributed by atoms with Crippen LogP contribution >= 0.6 is 11.3 Å². The number of carbonyl (C=O) groups excluding carboxylic acids is 1. The van der Waals surface area contributed by atoms with Gasteiger partial charge in [-0.1, -0.05) is 0 Å². The van der Waals surface area contributed by atoms with Gasteiger partial charge in [-0.25, -0.2) is 13.8 Å². The van der Waals surface area contributed by atoms with E-state index in [-0.39, 0.29) is 12.1 Å². The van der Waals surface area contributed by atoms with Crippen molar-refractivity contribution in [1.29, 1.82) is 0 Å². The van der Waals surface area contributed by atoms with E-state index in [0.29, 0.717) is 5.69 Å². The first-order valence-corrected chi connectivity index (χ1v) is 7.59. The highest BCUT2D eigenvalue weighted by atomic mass is 32.1. The van der Waals surface area contributed by atoms with Crippen molar-refractivity contribution in [3.05, 3.63) is 65.4 Å². The standard InChI is InChI=1S/C16H11F2N3OS/c17-11-3-4-14(13(18)6-11)21-15(22)7-12-9-23-16(20-12)10-2-1-5-19-8-10/h1-6,8-9H,7H2,(H,21,22). The van der Waals surface area contributed by atoms with Crippen LogP contribution in [0.5, 0.6) is 0 Å². The van der Waals surface area contributed by atoms with E-state index in [1.165, 1.54) is 17.4 Å². The van der Waals surface area contributed by atoms with E-state index in [4.69, 9.17) is 0 Å². The lowest BCUT2D eigenvalue weighted by molar-refractivity contribution is -0.115. The maximum atomic E-state index is 13.5. The summed E-state index contributed by atoms with van der Waals surface area (Å²) in [4.78, 5) is 20.3. The van der Waals surface area contributed by atoms with Crippen molar-refractivity contribution >= 4 is 22.9 Å². The fourth-order valence-electron chi connectivity index (χ4n) is 1.96. The minimum absolute atomic E-state index is 0.00752. The van der Waals surface area contributed by atoms with Gasteiger partial charge >= 0.3 is 0 Å². The molecule has 2 heterocycles. The van der Waals surface area contributed by atoms with Crippen molar-refractivity contribution in [3.8, 4) is 10.6 Å². The van der Waals surface area contributed by atoms with Crippen LogP contribution in [0.15, 0.2) is 48.1 Å². The lowest BCUT2D eigenvalue weighted by Crippen LogP contribution is -2.15. The van der Waals surface area contributed by atoms with Crippen molar-refractivity contribution < 1.29 is 13.6 Å². The van der Waals surface area contributed by atoms with Gasteiger partial charge in [0.1, 0.15) is 16.6 Å². The minimum atomic E-state index is -0.812. The van der Waals surface area contributed by atoms with E-state index in [2.05, 4.69) is 15.3 Å².